The minimum atomic E-state index is -1.62. The van der Waals surface area contributed by atoms with Gasteiger partial charge < -0.3 is 14.6 Å². The average Bonchev–Trinajstić information content (AvgIpc) is 3.39. The summed E-state index contributed by atoms with van der Waals surface area (Å²) in [5.74, 6) is -7.49. The first-order valence-electron chi connectivity index (χ1n) is 12.0. The predicted molar refractivity (Wildman–Crippen MR) is 133 cm³/mol. The fourth-order valence-corrected chi connectivity index (χ4v) is 4.92. The normalized spacial score (nSPS) is 14.3. The molecule has 6 rings (SSSR count). The van der Waals surface area contributed by atoms with Crippen molar-refractivity contribution in [1.82, 2.24) is 15.2 Å². The van der Waals surface area contributed by atoms with Crippen LogP contribution in [0.15, 0.2) is 48.7 Å². The van der Waals surface area contributed by atoms with Crippen LogP contribution in [-0.4, -0.2) is 39.5 Å². The molecule has 0 amide bonds. The Morgan fingerprint density at radius 2 is 1.77 bits per heavy atom. The first kappa shape index (κ1) is 24.8. The molecule has 2 N–H and O–H groups in total. The monoisotopic (exact) mass is 537 g/mol. The van der Waals surface area contributed by atoms with Crippen molar-refractivity contribution >= 4 is 27.6 Å². The molecular weight excluding hydrogens is 518 g/mol. The number of aromatic nitrogens is 3. The number of carboxylic acids is 1. The first-order chi connectivity index (χ1) is 18.8. The van der Waals surface area contributed by atoms with Crippen LogP contribution in [0.4, 0.5) is 17.6 Å². The third-order valence-corrected chi connectivity index (χ3v) is 6.86. The number of pyridine rings is 1. The van der Waals surface area contributed by atoms with E-state index in [1.54, 1.807) is 18.3 Å². The van der Waals surface area contributed by atoms with Crippen molar-refractivity contribution in [3.8, 4) is 22.8 Å². The molecule has 0 atom stereocenters. The van der Waals surface area contributed by atoms with Crippen LogP contribution in [0, 0.1) is 23.3 Å². The van der Waals surface area contributed by atoms with Gasteiger partial charge in [0.2, 0.25) is 11.7 Å². The first-order valence-corrected chi connectivity index (χ1v) is 12.0. The molecule has 3 heterocycles. The van der Waals surface area contributed by atoms with Crippen LogP contribution in [-0.2, 0) is 4.74 Å². The van der Waals surface area contributed by atoms with Crippen LogP contribution < -0.4 is 4.74 Å². The molecule has 0 aliphatic carbocycles. The van der Waals surface area contributed by atoms with Gasteiger partial charge >= 0.3 is 5.97 Å². The van der Waals surface area contributed by atoms with Gasteiger partial charge in [0.25, 0.3) is 0 Å². The molecule has 2 aromatic heterocycles. The van der Waals surface area contributed by atoms with Crippen molar-refractivity contribution < 1.29 is 36.9 Å². The molecule has 1 aliphatic heterocycles. The Balaban J connectivity index is 1.63. The van der Waals surface area contributed by atoms with Gasteiger partial charge in [-0.1, -0.05) is 6.07 Å². The van der Waals surface area contributed by atoms with Gasteiger partial charge in [0.15, 0.2) is 23.2 Å². The average molecular weight is 537 g/mol. The van der Waals surface area contributed by atoms with E-state index in [4.69, 9.17) is 19.6 Å². The summed E-state index contributed by atoms with van der Waals surface area (Å²) >= 11 is 0. The van der Waals surface area contributed by atoms with Crippen molar-refractivity contribution in [3.63, 3.8) is 0 Å². The fraction of sp³-hybridized carbons (Fsp3) is 0.179. The number of hydrogen-bond donors (Lipinski definition) is 2. The number of benzene rings is 3. The van der Waals surface area contributed by atoms with Gasteiger partial charge in [0, 0.05) is 35.5 Å². The van der Waals surface area contributed by atoms with Crippen LogP contribution in [0.5, 0.6) is 11.6 Å². The molecule has 11 heteroatoms. The summed E-state index contributed by atoms with van der Waals surface area (Å²) in [4.78, 5) is 16.0. The largest absolute Gasteiger partial charge is 0.478 e. The number of carboxylic acid groups (broad SMARTS) is 1. The molecule has 0 spiro atoms. The third kappa shape index (κ3) is 4.34. The number of halogens is 4. The van der Waals surface area contributed by atoms with Gasteiger partial charge in [-0.15, -0.1) is 0 Å². The van der Waals surface area contributed by atoms with E-state index in [2.05, 4.69) is 10.2 Å². The molecular formula is C28H19F4N3O4. The van der Waals surface area contributed by atoms with Gasteiger partial charge in [0.05, 0.1) is 23.0 Å². The molecule has 3 aromatic carbocycles. The Labute approximate surface area is 218 Å². The topological polar surface area (TPSA) is 97.3 Å². The molecule has 0 bridgehead atoms. The maximum atomic E-state index is 14.9. The predicted octanol–water partition coefficient (Wildman–Crippen LogP) is 6.72. The Morgan fingerprint density at radius 1 is 0.974 bits per heavy atom. The zero-order valence-electron chi connectivity index (χ0n) is 20.1. The van der Waals surface area contributed by atoms with E-state index in [0.29, 0.717) is 64.6 Å². The number of nitrogens with zero attached hydrogens (tertiary/aromatic N) is 2. The van der Waals surface area contributed by atoms with Gasteiger partial charge in [-0.05, 0) is 60.2 Å². The van der Waals surface area contributed by atoms with Crippen LogP contribution in [0.1, 0.15) is 34.8 Å². The second-order valence-corrected chi connectivity index (χ2v) is 9.19. The Bertz CT molecular complexity index is 1770. The van der Waals surface area contributed by atoms with E-state index in [1.807, 2.05) is 0 Å². The van der Waals surface area contributed by atoms with E-state index < -0.39 is 40.6 Å². The number of hydrogen-bond acceptors (Lipinski definition) is 5. The van der Waals surface area contributed by atoms with E-state index >= 15 is 0 Å². The van der Waals surface area contributed by atoms with Crippen molar-refractivity contribution in [1.29, 1.82) is 0 Å². The number of rotatable bonds is 5. The Hall–Kier alpha value is -4.51. The summed E-state index contributed by atoms with van der Waals surface area (Å²) in [7, 11) is 0. The van der Waals surface area contributed by atoms with Crippen molar-refractivity contribution in [2.24, 2.45) is 0 Å². The lowest BCUT2D eigenvalue weighted by Gasteiger charge is -2.26. The highest BCUT2D eigenvalue weighted by molar-refractivity contribution is 6.06. The Kier molecular flexibility index (Phi) is 6.15. The smallest absolute Gasteiger partial charge is 0.338 e. The number of aromatic carboxylic acids is 1. The van der Waals surface area contributed by atoms with E-state index in [-0.39, 0.29) is 11.8 Å². The Morgan fingerprint density at radius 3 is 2.51 bits per heavy atom. The second kappa shape index (κ2) is 9.66. The SMILES string of the molecule is O=C(O)c1ccc(Oc2nc(C3CCOCC3)c(-c3ccc(F)c(F)c3)c3cc4cn[nH]c4cc23)c(F)c1F. The lowest BCUT2D eigenvalue weighted by atomic mass is 9.87. The maximum absolute atomic E-state index is 14.9. The van der Waals surface area contributed by atoms with Crippen LogP contribution in [0.3, 0.4) is 0 Å². The van der Waals surface area contributed by atoms with Gasteiger partial charge in [-0.3, -0.25) is 5.10 Å². The summed E-state index contributed by atoms with van der Waals surface area (Å²) in [6.45, 7) is 0.907. The molecule has 1 aliphatic rings. The molecule has 0 unspecified atom stereocenters. The van der Waals surface area contributed by atoms with E-state index in [1.165, 1.54) is 6.07 Å². The van der Waals surface area contributed by atoms with Crippen LogP contribution in [0.25, 0.3) is 32.8 Å². The maximum Gasteiger partial charge on any atom is 0.338 e. The van der Waals surface area contributed by atoms with Crippen molar-refractivity contribution in [2.75, 3.05) is 13.2 Å². The molecule has 5 aromatic rings. The minimum Gasteiger partial charge on any atom is -0.478 e. The molecule has 39 heavy (non-hydrogen) atoms. The fourth-order valence-electron chi connectivity index (χ4n) is 4.92. The lowest BCUT2D eigenvalue weighted by molar-refractivity contribution is 0.0690. The molecule has 1 fully saturated rings. The number of nitrogens with one attached hydrogen (secondary N) is 1. The van der Waals surface area contributed by atoms with E-state index in [9.17, 15) is 22.4 Å². The number of H-pyrrole nitrogens is 1. The minimum absolute atomic E-state index is 0.0734. The molecule has 7 nitrogen and oxygen atoms in total. The summed E-state index contributed by atoms with van der Waals surface area (Å²) in [6.07, 6.45) is 2.76. The van der Waals surface area contributed by atoms with Crippen molar-refractivity contribution in [3.05, 3.63) is 83.2 Å². The number of aromatic amines is 1. The lowest BCUT2D eigenvalue weighted by Crippen LogP contribution is -2.16. The number of fused-ring (bicyclic) bond motifs is 2. The zero-order chi connectivity index (χ0) is 27.3. The highest BCUT2D eigenvalue weighted by Crippen LogP contribution is 2.44. The van der Waals surface area contributed by atoms with Crippen LogP contribution in [0.2, 0.25) is 0 Å². The molecule has 0 radical (unpaired) electrons. The molecule has 198 valence electrons. The second-order valence-electron chi connectivity index (χ2n) is 9.19. The molecule has 0 saturated carbocycles. The summed E-state index contributed by atoms with van der Waals surface area (Å²) in [5, 5.41) is 17.6. The van der Waals surface area contributed by atoms with E-state index in [0.717, 1.165) is 24.3 Å². The van der Waals surface area contributed by atoms with Crippen molar-refractivity contribution in [2.45, 2.75) is 18.8 Å². The summed E-state index contributed by atoms with van der Waals surface area (Å²) in [6, 6.07) is 8.95. The zero-order valence-corrected chi connectivity index (χ0v) is 20.1. The highest BCUT2D eigenvalue weighted by atomic mass is 19.2. The summed E-state index contributed by atoms with van der Waals surface area (Å²) in [5.41, 5.74) is 1.17. The van der Waals surface area contributed by atoms with Gasteiger partial charge in [0.1, 0.15) is 0 Å². The quantitative estimate of drug-likeness (QED) is 0.242. The summed E-state index contributed by atoms with van der Waals surface area (Å²) < 4.78 is 68.9. The van der Waals surface area contributed by atoms with Gasteiger partial charge in [-0.2, -0.15) is 9.49 Å². The standard InChI is InChI=1S/C28H19F4N3O4/c29-19-3-1-14(10-20(19)30)23-17-9-15-12-33-35-21(15)11-18(17)27(34-26(23)13-5-7-38-8-6-13)39-22-4-2-16(28(36)37)24(31)25(22)32/h1-4,9-13H,5-8H2,(H,33,35)(H,36,37). The number of ether oxygens (including phenoxy) is 2. The van der Waals surface area contributed by atoms with Crippen LogP contribution >= 0.6 is 0 Å². The number of carbonyl (C=O) groups is 1. The molecule has 1 saturated heterocycles. The third-order valence-electron chi connectivity index (χ3n) is 6.86. The highest BCUT2D eigenvalue weighted by Gasteiger charge is 2.27. The van der Waals surface area contributed by atoms with Gasteiger partial charge in [-0.25, -0.2) is 22.9 Å².